The van der Waals surface area contributed by atoms with Crippen LogP contribution in [-0.2, 0) is 9.59 Å². The molecule has 0 spiro atoms. The van der Waals surface area contributed by atoms with Crippen molar-refractivity contribution in [1.29, 1.82) is 0 Å². The molecular weight excluding hydrogens is 256 g/mol. The summed E-state index contributed by atoms with van der Waals surface area (Å²) in [6.07, 6.45) is 4.05. The molecule has 20 heavy (non-hydrogen) atoms. The summed E-state index contributed by atoms with van der Waals surface area (Å²) in [7, 11) is 3.47. The molecule has 0 bridgehead atoms. The molecule has 5 nitrogen and oxygen atoms in total. The summed E-state index contributed by atoms with van der Waals surface area (Å²) in [6.45, 7) is 0. The largest absolute Gasteiger partial charge is 0.508 e. The fourth-order valence-electron chi connectivity index (χ4n) is 2.04. The number of phenols is 1. The van der Waals surface area contributed by atoms with Gasteiger partial charge in [-0.2, -0.15) is 0 Å². The molecule has 104 valence electrons. The number of phenolic OH excluding ortho intramolecular Hbond substituents is 1. The third-order valence-electron chi connectivity index (χ3n) is 2.97. The van der Waals surface area contributed by atoms with Gasteiger partial charge in [-0.1, -0.05) is 24.3 Å². The normalized spacial score (nSPS) is 15.1. The first-order valence-corrected chi connectivity index (χ1v) is 6.21. The Labute approximate surface area is 117 Å². The number of carbonyl (C=O) groups is 2. The van der Waals surface area contributed by atoms with Crippen molar-refractivity contribution in [1.82, 2.24) is 10.2 Å². The number of likely N-dealkylation sites (N-methyl/N-ethyl adjacent to an activating group) is 1. The zero-order valence-electron chi connectivity index (χ0n) is 11.4. The van der Waals surface area contributed by atoms with Crippen LogP contribution >= 0.6 is 0 Å². The Balaban J connectivity index is 2.14. The van der Waals surface area contributed by atoms with Gasteiger partial charge in [-0.25, -0.2) is 0 Å². The van der Waals surface area contributed by atoms with Crippen LogP contribution in [0, 0.1) is 0 Å². The van der Waals surface area contributed by atoms with Gasteiger partial charge < -0.3 is 10.0 Å². The zero-order valence-corrected chi connectivity index (χ0v) is 11.4. The van der Waals surface area contributed by atoms with E-state index in [0.29, 0.717) is 17.7 Å². The Bertz CT molecular complexity index is 598. The highest BCUT2D eigenvalue weighted by Gasteiger charge is 2.30. The second-order valence-corrected chi connectivity index (χ2v) is 4.70. The molecule has 0 saturated carbocycles. The number of allylic oxidation sites excluding steroid dienone is 1. The van der Waals surface area contributed by atoms with Gasteiger partial charge in [-0.05, 0) is 24.1 Å². The van der Waals surface area contributed by atoms with Gasteiger partial charge in [0.05, 0.1) is 5.57 Å². The first-order chi connectivity index (χ1) is 9.49. The molecule has 2 rings (SSSR count). The van der Waals surface area contributed by atoms with Crippen LogP contribution in [0.1, 0.15) is 12.0 Å². The topological polar surface area (TPSA) is 69.6 Å². The van der Waals surface area contributed by atoms with Crippen LogP contribution in [0.15, 0.2) is 41.6 Å². The van der Waals surface area contributed by atoms with Crippen molar-refractivity contribution < 1.29 is 14.7 Å². The van der Waals surface area contributed by atoms with E-state index in [9.17, 15) is 14.7 Å². The molecule has 2 amide bonds. The molecule has 0 saturated heterocycles. The number of carbonyl (C=O) groups excluding carboxylic acids is 2. The van der Waals surface area contributed by atoms with Gasteiger partial charge in [0.15, 0.2) is 0 Å². The van der Waals surface area contributed by atoms with Crippen molar-refractivity contribution in [2.45, 2.75) is 6.42 Å². The second-order valence-electron chi connectivity index (χ2n) is 4.70. The summed E-state index contributed by atoms with van der Waals surface area (Å²) >= 11 is 0. The third kappa shape index (κ3) is 2.88. The number of rotatable bonds is 4. The summed E-state index contributed by atoms with van der Waals surface area (Å²) in [6, 6.07) is 6.73. The van der Waals surface area contributed by atoms with E-state index >= 15 is 0 Å². The average molecular weight is 272 g/mol. The van der Waals surface area contributed by atoms with Crippen LogP contribution in [0.3, 0.4) is 0 Å². The average Bonchev–Trinajstić information content (AvgIpc) is 2.66. The van der Waals surface area contributed by atoms with Crippen LogP contribution in [-0.4, -0.2) is 35.9 Å². The lowest BCUT2D eigenvalue weighted by Gasteiger charge is -2.12. The Kier molecular flexibility index (Phi) is 3.89. The summed E-state index contributed by atoms with van der Waals surface area (Å²) in [5.41, 5.74) is 1.79. The highest BCUT2D eigenvalue weighted by atomic mass is 16.3. The summed E-state index contributed by atoms with van der Waals surface area (Å²) in [5, 5.41) is 11.5. The number of amides is 2. The minimum Gasteiger partial charge on any atom is -0.508 e. The van der Waals surface area contributed by atoms with Gasteiger partial charge in [0.25, 0.3) is 11.8 Å². The summed E-state index contributed by atoms with van der Waals surface area (Å²) in [5.74, 6) is -0.484. The van der Waals surface area contributed by atoms with Crippen LogP contribution in [0.5, 0.6) is 5.75 Å². The number of nitrogens with zero attached hydrogens (tertiary/aromatic N) is 1. The van der Waals surface area contributed by atoms with Crippen molar-refractivity contribution in [3.8, 4) is 5.75 Å². The van der Waals surface area contributed by atoms with Crippen LogP contribution in [0.25, 0.3) is 6.08 Å². The van der Waals surface area contributed by atoms with Crippen LogP contribution < -0.4 is 5.32 Å². The molecule has 1 aromatic carbocycles. The van der Waals surface area contributed by atoms with E-state index in [4.69, 9.17) is 0 Å². The molecule has 0 aromatic heterocycles. The van der Waals surface area contributed by atoms with Gasteiger partial charge in [-0.3, -0.25) is 14.9 Å². The number of benzene rings is 1. The highest BCUT2D eigenvalue weighted by molar-refractivity contribution is 6.19. The van der Waals surface area contributed by atoms with E-state index in [-0.39, 0.29) is 17.6 Å². The lowest BCUT2D eigenvalue weighted by molar-refractivity contribution is -0.124. The molecule has 1 heterocycles. The minimum absolute atomic E-state index is 0.209. The molecule has 5 heteroatoms. The Morgan fingerprint density at radius 1 is 1.15 bits per heavy atom. The van der Waals surface area contributed by atoms with E-state index in [0.717, 1.165) is 5.56 Å². The van der Waals surface area contributed by atoms with Crippen molar-refractivity contribution in [3.05, 3.63) is 47.2 Å². The third-order valence-corrected chi connectivity index (χ3v) is 2.97. The lowest BCUT2D eigenvalue weighted by atomic mass is 10.1. The standard InChI is InChI=1S/C15H16N2O3/c1-17(2)13-12(14(19)16-15(13)20)5-3-4-10-6-8-11(18)9-7-10/h3-4,6-9,18H,5H2,1-2H3,(H,16,19,20). The number of hydrogen-bond donors (Lipinski definition) is 2. The van der Waals surface area contributed by atoms with E-state index in [1.165, 1.54) is 0 Å². The van der Waals surface area contributed by atoms with Crippen molar-refractivity contribution in [3.63, 3.8) is 0 Å². The molecule has 1 aliphatic heterocycles. The fraction of sp³-hybridized carbons (Fsp3) is 0.200. The maximum atomic E-state index is 11.7. The van der Waals surface area contributed by atoms with E-state index in [2.05, 4.69) is 5.32 Å². The van der Waals surface area contributed by atoms with Gasteiger partial charge in [0.2, 0.25) is 0 Å². The zero-order chi connectivity index (χ0) is 14.7. The lowest BCUT2D eigenvalue weighted by Crippen LogP contribution is -2.26. The number of imide groups is 1. The van der Waals surface area contributed by atoms with Crippen LogP contribution in [0.4, 0.5) is 0 Å². The molecule has 0 radical (unpaired) electrons. The summed E-state index contributed by atoms with van der Waals surface area (Å²) in [4.78, 5) is 25.0. The number of hydrogen-bond acceptors (Lipinski definition) is 4. The van der Waals surface area contributed by atoms with E-state index in [1.807, 2.05) is 12.2 Å². The Hall–Kier alpha value is -2.56. The van der Waals surface area contributed by atoms with Crippen molar-refractivity contribution >= 4 is 17.9 Å². The highest BCUT2D eigenvalue weighted by Crippen LogP contribution is 2.19. The molecule has 0 aliphatic carbocycles. The Morgan fingerprint density at radius 2 is 1.80 bits per heavy atom. The monoisotopic (exact) mass is 272 g/mol. The predicted octanol–water partition coefficient (Wildman–Crippen LogP) is 1.27. The first-order valence-electron chi connectivity index (χ1n) is 6.21. The molecule has 2 N–H and O–H groups in total. The molecule has 1 aliphatic rings. The van der Waals surface area contributed by atoms with E-state index < -0.39 is 0 Å². The maximum Gasteiger partial charge on any atom is 0.274 e. The molecule has 0 atom stereocenters. The number of aromatic hydroxyl groups is 1. The quantitative estimate of drug-likeness (QED) is 0.810. The van der Waals surface area contributed by atoms with Crippen molar-refractivity contribution in [2.75, 3.05) is 14.1 Å². The second kappa shape index (κ2) is 5.61. The molecule has 1 aromatic rings. The van der Waals surface area contributed by atoms with E-state index in [1.54, 1.807) is 43.3 Å². The smallest absolute Gasteiger partial charge is 0.274 e. The molecular formula is C15H16N2O3. The first kappa shape index (κ1) is 13.9. The number of nitrogens with one attached hydrogen (secondary N) is 1. The Morgan fingerprint density at radius 3 is 2.40 bits per heavy atom. The molecule has 0 fully saturated rings. The van der Waals surface area contributed by atoms with Gasteiger partial charge in [-0.15, -0.1) is 0 Å². The van der Waals surface area contributed by atoms with Gasteiger partial charge >= 0.3 is 0 Å². The predicted molar refractivity (Wildman–Crippen MR) is 75.6 cm³/mol. The van der Waals surface area contributed by atoms with Crippen molar-refractivity contribution in [2.24, 2.45) is 0 Å². The van der Waals surface area contributed by atoms with Gasteiger partial charge in [0, 0.05) is 14.1 Å². The van der Waals surface area contributed by atoms with Crippen LogP contribution in [0.2, 0.25) is 0 Å². The minimum atomic E-state index is -0.354. The van der Waals surface area contributed by atoms with Gasteiger partial charge in [0.1, 0.15) is 11.4 Å². The molecule has 0 unspecified atom stereocenters. The maximum absolute atomic E-state index is 11.7. The SMILES string of the molecule is CN(C)C1=C(CC=Cc2ccc(O)cc2)C(=O)NC1=O. The summed E-state index contributed by atoms with van der Waals surface area (Å²) < 4.78 is 0. The fourth-order valence-corrected chi connectivity index (χ4v) is 2.04.